The van der Waals surface area contributed by atoms with Crippen molar-refractivity contribution in [3.8, 4) is 0 Å². The van der Waals surface area contributed by atoms with Gasteiger partial charge in [-0.3, -0.25) is 0 Å². The number of hydrogen-bond donors (Lipinski definition) is 0. The Morgan fingerprint density at radius 1 is 0.842 bits per heavy atom. The molecule has 0 bridgehead atoms. The average Bonchev–Trinajstić information content (AvgIpc) is 2.38. The molecule has 1 atom stereocenters. The summed E-state index contributed by atoms with van der Waals surface area (Å²) in [7, 11) is 0. The summed E-state index contributed by atoms with van der Waals surface area (Å²) in [6, 6.07) is 12.3. The summed E-state index contributed by atoms with van der Waals surface area (Å²) in [5.74, 6) is 0. The van der Waals surface area contributed by atoms with Crippen LogP contribution in [0, 0.1) is 0 Å². The van der Waals surface area contributed by atoms with Gasteiger partial charge in [-0.25, -0.2) is 0 Å². The van der Waals surface area contributed by atoms with Crippen molar-refractivity contribution < 1.29 is 13.2 Å². The zero-order valence-electron chi connectivity index (χ0n) is 9.59. The van der Waals surface area contributed by atoms with Gasteiger partial charge in [-0.2, -0.15) is 13.2 Å². The second-order valence-electron chi connectivity index (χ2n) is 4.03. The third-order valence-electron chi connectivity index (χ3n) is 2.69. The zero-order chi connectivity index (χ0) is 14.0. The fourth-order valence-corrected chi connectivity index (χ4v) is 2.22. The molecule has 0 aliphatic carbocycles. The summed E-state index contributed by atoms with van der Waals surface area (Å²) in [5, 5.41) is -0.463. The normalized spacial score (nSPS) is 13.3. The van der Waals surface area contributed by atoms with Gasteiger partial charge in [0.05, 0.1) is 10.9 Å². The monoisotopic (exact) mass is 348 g/mol. The van der Waals surface area contributed by atoms with Gasteiger partial charge in [-0.05, 0) is 35.4 Å². The fourth-order valence-electron chi connectivity index (χ4n) is 1.67. The Morgan fingerprint density at radius 3 is 1.68 bits per heavy atom. The van der Waals surface area contributed by atoms with Crippen LogP contribution in [-0.2, 0) is 6.18 Å². The van der Waals surface area contributed by atoms with E-state index >= 15 is 0 Å². The molecule has 2 aromatic carbocycles. The van der Waals surface area contributed by atoms with Crippen LogP contribution in [0.2, 0.25) is 0 Å². The predicted octanol–water partition coefficient (Wildman–Crippen LogP) is 5.80. The first kappa shape index (κ1) is 14.4. The van der Waals surface area contributed by atoms with Crippen LogP contribution in [0.4, 0.5) is 13.2 Å². The Balaban J connectivity index is 2.25. The third-order valence-corrected chi connectivity index (χ3v) is 3.73. The van der Waals surface area contributed by atoms with Crippen LogP contribution < -0.4 is 0 Å². The molecule has 0 aliphatic heterocycles. The maximum Gasteiger partial charge on any atom is 0.416 e. The van der Waals surface area contributed by atoms with Crippen LogP contribution in [0.15, 0.2) is 53.0 Å². The molecule has 0 fully saturated rings. The van der Waals surface area contributed by atoms with Crippen molar-refractivity contribution in [3.05, 3.63) is 69.7 Å². The van der Waals surface area contributed by atoms with Gasteiger partial charge >= 0.3 is 6.18 Å². The predicted molar refractivity (Wildman–Crippen MR) is 73.3 cm³/mol. The van der Waals surface area contributed by atoms with Crippen LogP contribution in [0.5, 0.6) is 0 Å². The Morgan fingerprint density at radius 2 is 1.26 bits per heavy atom. The molecule has 0 spiro atoms. The van der Waals surface area contributed by atoms with Crippen molar-refractivity contribution in [2.45, 2.75) is 11.6 Å². The highest BCUT2D eigenvalue weighted by Crippen LogP contribution is 2.33. The molecule has 0 saturated heterocycles. The van der Waals surface area contributed by atoms with Crippen molar-refractivity contribution in [3.63, 3.8) is 0 Å². The largest absolute Gasteiger partial charge is 0.416 e. The van der Waals surface area contributed by atoms with Crippen molar-refractivity contribution in [2.24, 2.45) is 0 Å². The Bertz CT molecular complexity index is 546. The molecule has 19 heavy (non-hydrogen) atoms. The third kappa shape index (κ3) is 3.51. The van der Waals surface area contributed by atoms with E-state index in [2.05, 4.69) is 15.9 Å². The minimum absolute atomic E-state index is 0.463. The number of benzene rings is 2. The lowest BCUT2D eigenvalue weighted by molar-refractivity contribution is -0.137. The van der Waals surface area contributed by atoms with Gasteiger partial charge in [0, 0.05) is 4.47 Å². The summed E-state index contributed by atoms with van der Waals surface area (Å²) in [6.07, 6.45) is -4.32. The highest BCUT2D eigenvalue weighted by molar-refractivity contribution is 9.10. The molecule has 0 aliphatic rings. The molecular formula is C14H9BrClF3. The number of hydrogen-bond acceptors (Lipinski definition) is 0. The van der Waals surface area contributed by atoms with E-state index in [1.54, 1.807) is 0 Å². The standard InChI is InChI=1S/C14H9BrClF3/c15-12-7-3-10(4-8-12)13(16)9-1-5-11(6-2-9)14(17,18)19/h1-8,13H. The molecule has 0 amide bonds. The average molecular weight is 350 g/mol. The van der Waals surface area contributed by atoms with E-state index in [9.17, 15) is 13.2 Å². The van der Waals surface area contributed by atoms with Crippen LogP contribution in [0.1, 0.15) is 22.1 Å². The molecule has 0 heterocycles. The summed E-state index contributed by atoms with van der Waals surface area (Å²) in [6.45, 7) is 0. The van der Waals surface area contributed by atoms with Crippen molar-refractivity contribution in [2.75, 3.05) is 0 Å². The Kier molecular flexibility index (Phi) is 4.21. The van der Waals surface area contributed by atoms with E-state index < -0.39 is 17.1 Å². The Labute approximate surface area is 122 Å². The lowest BCUT2D eigenvalue weighted by Crippen LogP contribution is -2.05. The van der Waals surface area contributed by atoms with Crippen LogP contribution in [0.25, 0.3) is 0 Å². The second-order valence-corrected chi connectivity index (χ2v) is 5.39. The van der Waals surface area contributed by atoms with Gasteiger partial charge in [0.2, 0.25) is 0 Å². The lowest BCUT2D eigenvalue weighted by Gasteiger charge is -2.12. The van der Waals surface area contributed by atoms with E-state index in [4.69, 9.17) is 11.6 Å². The minimum atomic E-state index is -4.32. The zero-order valence-corrected chi connectivity index (χ0v) is 11.9. The molecule has 0 radical (unpaired) electrons. The van der Waals surface area contributed by atoms with Crippen LogP contribution in [-0.4, -0.2) is 0 Å². The smallest absolute Gasteiger partial charge is 0.166 e. The van der Waals surface area contributed by atoms with Gasteiger partial charge in [0.15, 0.2) is 0 Å². The van der Waals surface area contributed by atoms with E-state index in [0.29, 0.717) is 5.56 Å². The molecule has 2 aromatic rings. The van der Waals surface area contributed by atoms with E-state index in [1.165, 1.54) is 12.1 Å². The first-order valence-electron chi connectivity index (χ1n) is 5.44. The molecule has 0 aromatic heterocycles. The van der Waals surface area contributed by atoms with Gasteiger partial charge < -0.3 is 0 Å². The van der Waals surface area contributed by atoms with Crippen LogP contribution in [0.3, 0.4) is 0 Å². The second kappa shape index (κ2) is 5.55. The Hall–Kier alpha value is -1.00. The molecule has 5 heteroatoms. The van der Waals surface area contributed by atoms with Gasteiger partial charge in [0.1, 0.15) is 0 Å². The topological polar surface area (TPSA) is 0 Å². The summed E-state index contributed by atoms with van der Waals surface area (Å²) in [4.78, 5) is 0. The maximum atomic E-state index is 12.4. The summed E-state index contributed by atoms with van der Waals surface area (Å²) in [5.41, 5.74) is 0.803. The maximum absolute atomic E-state index is 12.4. The summed E-state index contributed by atoms with van der Waals surface area (Å²) >= 11 is 9.57. The highest BCUT2D eigenvalue weighted by atomic mass is 79.9. The van der Waals surface area contributed by atoms with Crippen molar-refractivity contribution >= 4 is 27.5 Å². The molecule has 100 valence electrons. The molecule has 1 unspecified atom stereocenters. The van der Waals surface area contributed by atoms with E-state index in [0.717, 1.165) is 22.2 Å². The molecule has 0 N–H and O–H groups in total. The van der Waals surface area contributed by atoms with Crippen LogP contribution >= 0.6 is 27.5 Å². The van der Waals surface area contributed by atoms with Gasteiger partial charge in [0.25, 0.3) is 0 Å². The minimum Gasteiger partial charge on any atom is -0.166 e. The summed E-state index contributed by atoms with van der Waals surface area (Å²) < 4.78 is 38.3. The highest BCUT2D eigenvalue weighted by Gasteiger charge is 2.30. The first-order chi connectivity index (χ1) is 8.88. The SMILES string of the molecule is FC(F)(F)c1ccc(C(Cl)c2ccc(Br)cc2)cc1. The van der Waals surface area contributed by atoms with E-state index in [1.807, 2.05) is 24.3 Å². The van der Waals surface area contributed by atoms with Crippen molar-refractivity contribution in [1.82, 2.24) is 0 Å². The van der Waals surface area contributed by atoms with E-state index in [-0.39, 0.29) is 0 Å². The van der Waals surface area contributed by atoms with Gasteiger partial charge in [-0.15, -0.1) is 11.6 Å². The number of rotatable bonds is 2. The fraction of sp³-hybridized carbons (Fsp3) is 0.143. The molecule has 0 saturated carbocycles. The van der Waals surface area contributed by atoms with Crippen molar-refractivity contribution in [1.29, 1.82) is 0 Å². The van der Waals surface area contributed by atoms with Gasteiger partial charge in [-0.1, -0.05) is 40.2 Å². The first-order valence-corrected chi connectivity index (χ1v) is 6.67. The molecule has 0 nitrogen and oxygen atoms in total. The molecular weight excluding hydrogens is 341 g/mol. The lowest BCUT2D eigenvalue weighted by atomic mass is 10.0. The number of alkyl halides is 4. The molecule has 2 rings (SSSR count). The quantitative estimate of drug-likeness (QED) is 0.601. The number of halogens is 5.